The van der Waals surface area contributed by atoms with Crippen molar-refractivity contribution in [3.8, 4) is 0 Å². The summed E-state index contributed by atoms with van der Waals surface area (Å²) in [4.78, 5) is 9.80. The molecule has 1 aliphatic carbocycles. The highest BCUT2D eigenvalue weighted by Crippen LogP contribution is 2.32. The molecule has 2 unspecified atom stereocenters. The van der Waals surface area contributed by atoms with Crippen LogP contribution in [0.2, 0.25) is 0 Å². The lowest BCUT2D eigenvalue weighted by molar-refractivity contribution is 0.115. The predicted molar refractivity (Wildman–Crippen MR) is 116 cm³/mol. The van der Waals surface area contributed by atoms with Crippen molar-refractivity contribution >= 4 is 11.4 Å². The Bertz CT molecular complexity index is 761. The van der Waals surface area contributed by atoms with E-state index in [4.69, 9.17) is 0 Å². The Morgan fingerprint density at radius 1 is 0.536 bits per heavy atom. The summed E-state index contributed by atoms with van der Waals surface area (Å²) in [6.07, 6.45) is 14.3. The highest BCUT2D eigenvalue weighted by Gasteiger charge is 2.35. The lowest BCUT2D eigenvalue weighted by Crippen LogP contribution is -2.51. The maximum absolute atomic E-state index is 2.55. The first-order valence-corrected chi connectivity index (χ1v) is 10.4. The predicted octanol–water partition coefficient (Wildman–Crippen LogP) is 4.80. The Kier molecular flexibility index (Phi) is 4.69. The largest absolute Gasteiger partial charge is 0.353 e. The average molecular weight is 373 g/mol. The summed E-state index contributed by atoms with van der Waals surface area (Å²) in [5, 5.41) is 0. The van der Waals surface area contributed by atoms with Crippen LogP contribution in [-0.2, 0) is 0 Å². The van der Waals surface area contributed by atoms with Gasteiger partial charge >= 0.3 is 0 Å². The van der Waals surface area contributed by atoms with Crippen LogP contribution in [0.5, 0.6) is 0 Å². The number of nitrogens with zero attached hydrogens (tertiary/aromatic N) is 4. The molecule has 1 saturated carbocycles. The Hall–Kier alpha value is -2.88. The van der Waals surface area contributed by atoms with Crippen molar-refractivity contribution in [2.24, 2.45) is 0 Å². The number of rotatable bonds is 4. The summed E-state index contributed by atoms with van der Waals surface area (Å²) >= 11 is 0. The second-order valence-electron chi connectivity index (χ2n) is 7.94. The monoisotopic (exact) mass is 372 g/mol. The molecule has 0 saturated heterocycles. The molecule has 0 bridgehead atoms. The van der Waals surface area contributed by atoms with Gasteiger partial charge in [-0.1, -0.05) is 49.2 Å². The van der Waals surface area contributed by atoms with Crippen LogP contribution in [0.25, 0.3) is 0 Å². The first-order chi connectivity index (χ1) is 13.9. The minimum Gasteiger partial charge on any atom is -0.353 e. The van der Waals surface area contributed by atoms with Gasteiger partial charge in [-0.15, -0.1) is 0 Å². The van der Waals surface area contributed by atoms with E-state index in [1.165, 1.54) is 37.1 Å². The van der Waals surface area contributed by atoms with Gasteiger partial charge in [0, 0.05) is 36.2 Å². The van der Waals surface area contributed by atoms with Crippen molar-refractivity contribution in [3.05, 3.63) is 85.5 Å². The highest BCUT2D eigenvalue weighted by molar-refractivity contribution is 5.51. The molecule has 4 heteroatoms. The van der Waals surface area contributed by atoms with Crippen molar-refractivity contribution in [1.29, 1.82) is 0 Å². The van der Waals surface area contributed by atoms with E-state index in [0.29, 0.717) is 12.1 Å². The van der Waals surface area contributed by atoms with Gasteiger partial charge in [0.15, 0.2) is 0 Å². The molecule has 0 aromatic heterocycles. The first kappa shape index (κ1) is 17.2. The quantitative estimate of drug-likeness (QED) is 0.764. The second kappa shape index (κ2) is 7.63. The summed E-state index contributed by atoms with van der Waals surface area (Å²) in [5.74, 6) is 0. The van der Waals surface area contributed by atoms with Crippen molar-refractivity contribution in [1.82, 2.24) is 9.80 Å². The van der Waals surface area contributed by atoms with Gasteiger partial charge in [-0.3, -0.25) is 0 Å². The van der Waals surface area contributed by atoms with Crippen LogP contribution < -0.4 is 9.80 Å². The molecule has 0 spiro atoms. The van der Waals surface area contributed by atoms with E-state index >= 15 is 0 Å². The third kappa shape index (κ3) is 3.35. The number of benzene rings is 2. The first-order valence-electron chi connectivity index (χ1n) is 10.4. The van der Waals surface area contributed by atoms with E-state index in [0.717, 1.165) is 13.3 Å². The number of hydrogen-bond acceptors (Lipinski definition) is 4. The van der Waals surface area contributed by atoms with Crippen LogP contribution in [0.1, 0.15) is 25.7 Å². The molecule has 4 nitrogen and oxygen atoms in total. The summed E-state index contributed by atoms with van der Waals surface area (Å²) in [5.41, 5.74) is 2.54. The maximum Gasteiger partial charge on any atom is 0.0945 e. The van der Waals surface area contributed by atoms with E-state index in [2.05, 4.69) is 105 Å². The molecule has 2 aromatic carbocycles. The average Bonchev–Trinajstić information content (AvgIpc) is 3.45. The van der Waals surface area contributed by atoms with Gasteiger partial charge in [-0.05, 0) is 37.1 Å². The van der Waals surface area contributed by atoms with Crippen molar-refractivity contribution in [2.45, 2.75) is 37.8 Å². The van der Waals surface area contributed by atoms with Gasteiger partial charge in [-0.25, -0.2) is 0 Å². The van der Waals surface area contributed by atoms with Crippen LogP contribution in [-0.4, -0.2) is 35.2 Å². The van der Waals surface area contributed by atoms with E-state index in [1.807, 2.05) is 0 Å². The number of para-hydroxylation sites is 2. The van der Waals surface area contributed by atoms with E-state index < -0.39 is 0 Å². The van der Waals surface area contributed by atoms with Gasteiger partial charge in [0.2, 0.25) is 0 Å². The van der Waals surface area contributed by atoms with Gasteiger partial charge in [0.1, 0.15) is 0 Å². The molecule has 2 atom stereocenters. The summed E-state index contributed by atoms with van der Waals surface area (Å²) in [6, 6.07) is 22.5. The summed E-state index contributed by atoms with van der Waals surface area (Å²) < 4.78 is 0. The normalized spacial score (nSPS) is 24.4. The van der Waals surface area contributed by atoms with Gasteiger partial charge in [0.05, 0.1) is 25.4 Å². The van der Waals surface area contributed by atoms with Crippen LogP contribution in [0.4, 0.5) is 11.4 Å². The molecule has 3 aliphatic rings. The molecule has 144 valence electrons. The SMILES string of the molecule is C1=CN(C2CCCCC2N2C=CN(c3ccccc3)C2)CN1c1ccccc1. The standard InChI is InChI=1S/C24H28N4/c1-3-9-21(10-4-1)25-15-17-27(19-25)23-13-7-8-14-24(23)28-18-16-26(20-28)22-11-5-2-6-12-22/h1-6,9-12,15-18,23-24H,7-8,13-14,19-20H2. The molecule has 0 radical (unpaired) electrons. The zero-order valence-corrected chi connectivity index (χ0v) is 16.3. The Morgan fingerprint density at radius 3 is 1.39 bits per heavy atom. The third-order valence-electron chi connectivity index (χ3n) is 6.23. The van der Waals surface area contributed by atoms with Crippen molar-refractivity contribution in [2.75, 3.05) is 23.1 Å². The fraction of sp³-hybridized carbons (Fsp3) is 0.333. The van der Waals surface area contributed by atoms with Crippen LogP contribution in [0.3, 0.4) is 0 Å². The highest BCUT2D eigenvalue weighted by atomic mass is 15.4. The molecular weight excluding hydrogens is 344 g/mol. The minimum absolute atomic E-state index is 0.569. The Balaban J connectivity index is 1.28. The molecule has 0 amide bonds. The van der Waals surface area contributed by atoms with Crippen LogP contribution >= 0.6 is 0 Å². The molecule has 2 aliphatic heterocycles. The number of anilines is 2. The van der Waals surface area contributed by atoms with Crippen molar-refractivity contribution in [3.63, 3.8) is 0 Å². The molecule has 1 fully saturated rings. The Morgan fingerprint density at radius 2 is 0.964 bits per heavy atom. The molecule has 28 heavy (non-hydrogen) atoms. The van der Waals surface area contributed by atoms with E-state index in [9.17, 15) is 0 Å². The fourth-order valence-corrected chi connectivity index (χ4v) is 4.74. The van der Waals surface area contributed by atoms with E-state index in [1.54, 1.807) is 0 Å². The third-order valence-corrected chi connectivity index (χ3v) is 6.23. The smallest absolute Gasteiger partial charge is 0.0945 e. The summed E-state index contributed by atoms with van der Waals surface area (Å²) in [6.45, 7) is 1.90. The van der Waals surface area contributed by atoms with Crippen LogP contribution in [0, 0.1) is 0 Å². The lowest BCUT2D eigenvalue weighted by Gasteiger charge is -2.43. The Labute approximate surface area is 168 Å². The topological polar surface area (TPSA) is 13.0 Å². The zero-order chi connectivity index (χ0) is 18.8. The molecular formula is C24H28N4. The fourth-order valence-electron chi connectivity index (χ4n) is 4.74. The zero-order valence-electron chi connectivity index (χ0n) is 16.3. The molecule has 2 heterocycles. The second-order valence-corrected chi connectivity index (χ2v) is 7.94. The molecule has 2 aromatic rings. The van der Waals surface area contributed by atoms with Gasteiger partial charge in [0.25, 0.3) is 0 Å². The number of hydrogen-bond donors (Lipinski definition) is 0. The van der Waals surface area contributed by atoms with Crippen LogP contribution in [0.15, 0.2) is 85.5 Å². The van der Waals surface area contributed by atoms with Gasteiger partial charge in [-0.2, -0.15) is 0 Å². The minimum atomic E-state index is 0.569. The maximum atomic E-state index is 2.55. The van der Waals surface area contributed by atoms with Crippen molar-refractivity contribution < 1.29 is 0 Å². The summed E-state index contributed by atoms with van der Waals surface area (Å²) in [7, 11) is 0. The molecule has 5 rings (SSSR count). The van der Waals surface area contributed by atoms with Gasteiger partial charge < -0.3 is 19.6 Å². The molecule has 0 N–H and O–H groups in total. The van der Waals surface area contributed by atoms with E-state index in [-0.39, 0.29) is 0 Å². The lowest BCUT2D eigenvalue weighted by atomic mass is 9.88.